The summed E-state index contributed by atoms with van der Waals surface area (Å²) in [4.78, 5) is 4.67. The number of β-amino-alcohol motifs (C(OH)–C–C–N with tert-alkyl or cyclic N) is 1. The van der Waals surface area contributed by atoms with Crippen molar-refractivity contribution in [2.45, 2.75) is 18.8 Å². The predicted octanol–water partition coefficient (Wildman–Crippen LogP) is 4.25. The van der Waals surface area contributed by atoms with Crippen molar-refractivity contribution < 1.29 is 18.6 Å². The lowest BCUT2D eigenvalue weighted by molar-refractivity contribution is -0.0148. The van der Waals surface area contributed by atoms with Gasteiger partial charge in [-0.3, -0.25) is 9.80 Å². The van der Waals surface area contributed by atoms with Gasteiger partial charge in [0.25, 0.3) is 0 Å². The number of aliphatic hydroxyl groups excluding tert-OH is 1. The lowest BCUT2D eigenvalue weighted by atomic mass is 10.0. The van der Waals surface area contributed by atoms with Crippen molar-refractivity contribution in [2.75, 3.05) is 39.3 Å². The molecule has 1 atom stereocenters. The van der Waals surface area contributed by atoms with Crippen molar-refractivity contribution in [3.63, 3.8) is 0 Å². The third-order valence-electron chi connectivity index (χ3n) is 5.98. The molecule has 1 heterocycles. The van der Waals surface area contributed by atoms with E-state index in [9.17, 15) is 13.9 Å². The van der Waals surface area contributed by atoms with E-state index in [1.54, 1.807) is 24.3 Å². The summed E-state index contributed by atoms with van der Waals surface area (Å²) in [6.07, 6.45) is -1.17. The van der Waals surface area contributed by atoms with Crippen LogP contribution in [-0.4, -0.2) is 60.3 Å². The van der Waals surface area contributed by atoms with Gasteiger partial charge in [0.1, 0.15) is 17.7 Å². The molecule has 0 radical (unpaired) electrons. The summed E-state index contributed by atoms with van der Waals surface area (Å²) >= 11 is 0. The molecular formula is C27H30F2N2O2. The van der Waals surface area contributed by atoms with Crippen LogP contribution in [0.25, 0.3) is 0 Å². The fourth-order valence-electron chi connectivity index (χ4n) is 4.19. The fraction of sp³-hybridized carbons (Fsp3) is 0.333. The molecule has 6 heteroatoms. The number of nitrogens with zero attached hydrogens (tertiary/aromatic N) is 2. The third kappa shape index (κ3) is 6.92. The first-order chi connectivity index (χ1) is 16.1. The summed E-state index contributed by atoms with van der Waals surface area (Å²) in [5.41, 5.74) is 2.82. The van der Waals surface area contributed by atoms with Gasteiger partial charge < -0.3 is 9.84 Å². The summed E-state index contributed by atoms with van der Waals surface area (Å²) < 4.78 is 32.8. The van der Waals surface area contributed by atoms with Crippen LogP contribution in [0.4, 0.5) is 8.78 Å². The van der Waals surface area contributed by atoms with E-state index in [2.05, 4.69) is 34.1 Å². The molecule has 4 nitrogen and oxygen atoms in total. The van der Waals surface area contributed by atoms with E-state index in [-0.39, 0.29) is 18.2 Å². The first-order valence-electron chi connectivity index (χ1n) is 11.4. The van der Waals surface area contributed by atoms with Crippen molar-refractivity contribution in [1.82, 2.24) is 9.80 Å². The van der Waals surface area contributed by atoms with Gasteiger partial charge in [-0.15, -0.1) is 0 Å². The molecule has 3 aromatic carbocycles. The average molecular weight is 453 g/mol. The van der Waals surface area contributed by atoms with Crippen molar-refractivity contribution in [2.24, 2.45) is 0 Å². The number of halogens is 2. The minimum atomic E-state index is -0.658. The molecule has 0 aliphatic carbocycles. The number of aliphatic hydroxyl groups is 1. The van der Waals surface area contributed by atoms with Crippen LogP contribution in [0.15, 0.2) is 78.9 Å². The summed E-state index contributed by atoms with van der Waals surface area (Å²) in [6, 6.07) is 22.6. The monoisotopic (exact) mass is 452 g/mol. The second-order valence-corrected chi connectivity index (χ2v) is 8.53. The molecule has 1 fully saturated rings. The lowest BCUT2D eigenvalue weighted by Crippen LogP contribution is -2.48. The van der Waals surface area contributed by atoms with Crippen LogP contribution in [0.2, 0.25) is 0 Å². The number of piperazine rings is 1. The van der Waals surface area contributed by atoms with E-state index >= 15 is 0 Å². The number of hydrogen-bond donors (Lipinski definition) is 1. The van der Waals surface area contributed by atoms with E-state index in [0.29, 0.717) is 6.54 Å². The highest BCUT2D eigenvalue weighted by atomic mass is 19.1. The number of hydrogen-bond acceptors (Lipinski definition) is 4. The Bertz CT molecular complexity index is 930. The van der Waals surface area contributed by atoms with Crippen LogP contribution in [0, 0.1) is 11.6 Å². The maximum atomic E-state index is 13.4. The molecule has 1 saturated heterocycles. The van der Waals surface area contributed by atoms with Crippen LogP contribution in [-0.2, 0) is 11.3 Å². The van der Waals surface area contributed by atoms with Crippen LogP contribution in [0.3, 0.4) is 0 Å². The molecule has 33 heavy (non-hydrogen) atoms. The number of rotatable bonds is 9. The molecule has 3 aromatic rings. The van der Waals surface area contributed by atoms with Gasteiger partial charge in [0.2, 0.25) is 0 Å². The van der Waals surface area contributed by atoms with E-state index in [1.165, 1.54) is 29.8 Å². The first-order valence-corrected chi connectivity index (χ1v) is 11.4. The van der Waals surface area contributed by atoms with Crippen molar-refractivity contribution in [1.29, 1.82) is 0 Å². The lowest BCUT2D eigenvalue weighted by Gasteiger charge is -2.35. The zero-order valence-electron chi connectivity index (χ0n) is 18.6. The second kappa shape index (κ2) is 11.5. The maximum Gasteiger partial charge on any atom is 0.123 e. The van der Waals surface area contributed by atoms with E-state index in [1.807, 2.05) is 6.07 Å². The molecule has 1 aliphatic rings. The van der Waals surface area contributed by atoms with Crippen molar-refractivity contribution in [3.8, 4) is 0 Å². The van der Waals surface area contributed by atoms with E-state index in [0.717, 1.165) is 43.9 Å². The molecular weight excluding hydrogens is 422 g/mol. The van der Waals surface area contributed by atoms with Crippen LogP contribution >= 0.6 is 0 Å². The smallest absolute Gasteiger partial charge is 0.123 e. The van der Waals surface area contributed by atoms with Gasteiger partial charge in [-0.05, 0) is 41.0 Å². The Kier molecular flexibility index (Phi) is 8.18. The number of ether oxygens (including phenoxy) is 1. The average Bonchev–Trinajstić information content (AvgIpc) is 2.83. The Morgan fingerprint density at radius 1 is 0.727 bits per heavy atom. The van der Waals surface area contributed by atoms with Crippen molar-refractivity contribution >= 4 is 0 Å². The van der Waals surface area contributed by atoms with Crippen LogP contribution in [0.5, 0.6) is 0 Å². The molecule has 1 unspecified atom stereocenters. The van der Waals surface area contributed by atoms with Gasteiger partial charge >= 0.3 is 0 Å². The highest BCUT2D eigenvalue weighted by Crippen LogP contribution is 2.27. The molecule has 0 saturated carbocycles. The Morgan fingerprint density at radius 2 is 1.24 bits per heavy atom. The third-order valence-corrected chi connectivity index (χ3v) is 5.98. The van der Waals surface area contributed by atoms with E-state index in [4.69, 9.17) is 4.74 Å². The first kappa shape index (κ1) is 23.5. The topological polar surface area (TPSA) is 35.9 Å². The molecule has 1 aliphatic heterocycles. The Hall–Kier alpha value is -2.64. The molecule has 0 spiro atoms. The molecule has 174 valence electrons. The molecule has 0 aromatic heterocycles. The van der Waals surface area contributed by atoms with Gasteiger partial charge in [-0.2, -0.15) is 0 Å². The zero-order chi connectivity index (χ0) is 23.0. The van der Waals surface area contributed by atoms with Gasteiger partial charge in [-0.1, -0.05) is 54.6 Å². The second-order valence-electron chi connectivity index (χ2n) is 8.53. The zero-order valence-corrected chi connectivity index (χ0v) is 18.6. The summed E-state index contributed by atoms with van der Waals surface area (Å²) in [6.45, 7) is 5.29. The van der Waals surface area contributed by atoms with Crippen LogP contribution in [0.1, 0.15) is 22.8 Å². The maximum absolute atomic E-state index is 13.4. The van der Waals surface area contributed by atoms with Gasteiger partial charge in [0.05, 0.1) is 12.7 Å². The van der Waals surface area contributed by atoms with Crippen LogP contribution < -0.4 is 0 Å². The quantitative estimate of drug-likeness (QED) is 0.527. The highest BCUT2D eigenvalue weighted by molar-refractivity contribution is 5.30. The normalized spacial score (nSPS) is 16.2. The minimum absolute atomic E-state index is 0.129. The van der Waals surface area contributed by atoms with Crippen molar-refractivity contribution in [3.05, 3.63) is 107 Å². The summed E-state index contributed by atoms with van der Waals surface area (Å²) in [5.74, 6) is -0.661. The number of benzene rings is 3. The fourth-order valence-corrected chi connectivity index (χ4v) is 4.19. The molecule has 4 rings (SSSR count). The Balaban J connectivity index is 1.29. The largest absolute Gasteiger partial charge is 0.389 e. The Morgan fingerprint density at radius 3 is 1.79 bits per heavy atom. The minimum Gasteiger partial charge on any atom is -0.389 e. The van der Waals surface area contributed by atoms with Gasteiger partial charge in [-0.25, -0.2) is 8.78 Å². The SMILES string of the molecule is OC(COC(c1ccc(F)cc1)c1ccc(F)cc1)CN1CCN(Cc2ccccc2)CC1. The molecule has 0 bridgehead atoms. The Labute approximate surface area is 194 Å². The highest BCUT2D eigenvalue weighted by Gasteiger charge is 2.21. The molecule has 0 amide bonds. The summed E-state index contributed by atoms with van der Waals surface area (Å²) in [7, 11) is 0. The predicted molar refractivity (Wildman–Crippen MR) is 125 cm³/mol. The standard InChI is InChI=1S/C27H30F2N2O2/c28-24-10-6-22(7-11-24)27(23-8-12-25(29)13-9-23)33-20-26(32)19-31-16-14-30(15-17-31)18-21-4-2-1-3-5-21/h1-13,26-27,32H,14-20H2. The van der Waals surface area contributed by atoms with Gasteiger partial charge in [0.15, 0.2) is 0 Å². The molecule has 1 N–H and O–H groups in total. The van der Waals surface area contributed by atoms with E-state index < -0.39 is 12.2 Å². The van der Waals surface area contributed by atoms with Gasteiger partial charge in [0, 0.05) is 39.3 Å². The summed E-state index contributed by atoms with van der Waals surface area (Å²) in [5, 5.41) is 10.6.